The lowest BCUT2D eigenvalue weighted by Crippen LogP contribution is -2.28. The topological polar surface area (TPSA) is 75.6 Å². The number of fused-ring (bicyclic) bond motifs is 9. The maximum absolute atomic E-state index is 15.1. The normalized spacial score (nSPS) is 16.9. The van der Waals surface area contributed by atoms with Crippen LogP contribution in [0.5, 0.6) is 11.5 Å². The van der Waals surface area contributed by atoms with Crippen molar-refractivity contribution in [2.24, 2.45) is 5.92 Å². The van der Waals surface area contributed by atoms with Gasteiger partial charge in [-0.25, -0.2) is 4.39 Å². The van der Waals surface area contributed by atoms with Crippen LogP contribution in [0.25, 0.3) is 11.1 Å². The van der Waals surface area contributed by atoms with Crippen LogP contribution in [-0.4, -0.2) is 29.9 Å². The second-order valence-electron chi connectivity index (χ2n) is 8.39. The molecule has 0 aromatic heterocycles. The van der Waals surface area contributed by atoms with Crippen LogP contribution >= 0.6 is 0 Å². The number of aromatic hydroxyl groups is 1. The van der Waals surface area contributed by atoms with E-state index in [9.17, 15) is 14.7 Å². The van der Waals surface area contributed by atoms with E-state index >= 15 is 4.39 Å². The Balaban J connectivity index is 1.74. The predicted molar refractivity (Wildman–Crippen MR) is 124 cm³/mol. The lowest BCUT2D eigenvalue weighted by atomic mass is 9.90. The van der Waals surface area contributed by atoms with Gasteiger partial charge in [0.1, 0.15) is 23.9 Å². The van der Waals surface area contributed by atoms with Crippen LogP contribution in [0.4, 0.5) is 4.39 Å². The molecule has 0 fully saturated rings. The fourth-order valence-corrected chi connectivity index (χ4v) is 4.08. The zero-order valence-corrected chi connectivity index (χ0v) is 18.7. The number of carbonyl (C=O) groups excluding carboxylic acids is 2. The Bertz CT molecular complexity index is 1220. The van der Waals surface area contributed by atoms with Crippen molar-refractivity contribution in [3.05, 3.63) is 82.7 Å². The summed E-state index contributed by atoms with van der Waals surface area (Å²) in [5, 5.41) is 13.0. The Kier molecular flexibility index (Phi) is 6.45. The maximum atomic E-state index is 15.1. The van der Waals surface area contributed by atoms with Crippen molar-refractivity contribution in [3.8, 4) is 22.6 Å². The Morgan fingerprint density at radius 3 is 2.64 bits per heavy atom. The number of nitrogens with one attached hydrogen (secondary N) is 1. The summed E-state index contributed by atoms with van der Waals surface area (Å²) in [5.74, 6) is -1.02. The van der Waals surface area contributed by atoms with E-state index < -0.39 is 5.92 Å². The minimum atomic E-state index is -0.413. The quantitative estimate of drug-likeness (QED) is 0.504. The maximum Gasteiger partial charge on any atom is 0.251 e. The minimum Gasteiger partial charge on any atom is -0.507 e. The van der Waals surface area contributed by atoms with Gasteiger partial charge >= 0.3 is 0 Å². The van der Waals surface area contributed by atoms with Gasteiger partial charge in [-0.05, 0) is 67.3 Å². The molecule has 0 saturated carbocycles. The second-order valence-corrected chi connectivity index (χ2v) is 8.39. The van der Waals surface area contributed by atoms with Crippen LogP contribution in [0.15, 0.2) is 54.6 Å². The summed E-state index contributed by atoms with van der Waals surface area (Å²) < 4.78 is 21.0. The summed E-state index contributed by atoms with van der Waals surface area (Å²) in [6.45, 7) is 4.11. The van der Waals surface area contributed by atoms with Gasteiger partial charge in [0.15, 0.2) is 5.78 Å². The van der Waals surface area contributed by atoms with Crippen molar-refractivity contribution in [2.75, 3.05) is 13.2 Å². The number of ketones is 1. The molecular formula is C27H26FNO4. The van der Waals surface area contributed by atoms with Crippen molar-refractivity contribution in [2.45, 2.75) is 26.7 Å². The molecule has 2 heterocycles. The van der Waals surface area contributed by atoms with Crippen molar-refractivity contribution >= 4 is 11.7 Å². The predicted octanol–water partition coefficient (Wildman–Crippen LogP) is 5.08. The van der Waals surface area contributed by atoms with Gasteiger partial charge in [0.05, 0.1) is 12.1 Å². The molecule has 2 N–H and O–H groups in total. The Hall–Kier alpha value is -3.67. The number of amides is 1. The lowest BCUT2D eigenvalue weighted by Gasteiger charge is -2.17. The average molecular weight is 448 g/mol. The highest BCUT2D eigenvalue weighted by Gasteiger charge is 2.21. The minimum absolute atomic E-state index is 0.111. The first kappa shape index (κ1) is 22.5. The van der Waals surface area contributed by atoms with Crippen LogP contribution in [-0.2, 0) is 6.42 Å². The summed E-state index contributed by atoms with van der Waals surface area (Å²) in [4.78, 5) is 25.6. The molecule has 0 aliphatic carbocycles. The number of carbonyl (C=O) groups is 2. The monoisotopic (exact) mass is 447 g/mol. The van der Waals surface area contributed by atoms with Crippen LogP contribution in [0.3, 0.4) is 0 Å². The van der Waals surface area contributed by atoms with Gasteiger partial charge in [-0.2, -0.15) is 0 Å². The fourth-order valence-electron chi connectivity index (χ4n) is 4.08. The third-order valence-electron chi connectivity index (χ3n) is 6.07. The zero-order valence-electron chi connectivity index (χ0n) is 18.7. The summed E-state index contributed by atoms with van der Waals surface area (Å²) in [6.07, 6.45) is 0.989. The number of halogens is 1. The van der Waals surface area contributed by atoms with Gasteiger partial charge in [0.2, 0.25) is 0 Å². The first-order valence-corrected chi connectivity index (χ1v) is 11.0. The van der Waals surface area contributed by atoms with Crippen molar-refractivity contribution in [1.29, 1.82) is 0 Å². The molecule has 2 aliphatic rings. The highest BCUT2D eigenvalue weighted by Crippen LogP contribution is 2.34. The second kappa shape index (κ2) is 9.45. The standard InChI is InChI=1S/C27H26FNO4/c1-16-7-8-18-15-23(28)21(13-17(18)2)20-5-3-4-6-25(20)33-12-11-29-27(32)19-9-10-24(30)22(14-19)26(16)31/h3-6,9-10,13-16,30H,7-8,11-12H2,1-2H3,(H,29,32). The molecule has 0 radical (unpaired) electrons. The highest BCUT2D eigenvalue weighted by atomic mass is 19.1. The van der Waals surface area contributed by atoms with Crippen molar-refractivity contribution < 1.29 is 23.8 Å². The van der Waals surface area contributed by atoms with E-state index in [-0.39, 0.29) is 47.5 Å². The van der Waals surface area contributed by atoms with Gasteiger partial charge in [0, 0.05) is 22.6 Å². The number of rotatable bonds is 0. The van der Waals surface area contributed by atoms with Gasteiger partial charge in [-0.1, -0.05) is 25.1 Å². The molecule has 6 heteroatoms. The summed E-state index contributed by atoms with van der Waals surface area (Å²) in [6, 6.07) is 14.8. The average Bonchev–Trinajstić information content (AvgIpc) is 2.81. The molecule has 1 amide bonds. The molecule has 170 valence electrons. The Morgan fingerprint density at radius 2 is 1.82 bits per heavy atom. The lowest BCUT2D eigenvalue weighted by molar-refractivity contribution is 0.0921. The van der Waals surface area contributed by atoms with Crippen molar-refractivity contribution in [1.82, 2.24) is 5.32 Å². The molecular weight excluding hydrogens is 421 g/mol. The molecule has 1 unspecified atom stereocenters. The molecule has 3 aromatic carbocycles. The highest BCUT2D eigenvalue weighted by molar-refractivity contribution is 6.03. The van der Waals surface area contributed by atoms with Crippen LogP contribution in [0.2, 0.25) is 0 Å². The number of Topliss-reactive ketones (excluding diaryl/α,β-unsaturated/α-hetero) is 1. The number of aryl methyl sites for hydroxylation is 2. The zero-order chi connectivity index (χ0) is 23.5. The molecule has 3 aromatic rings. The van der Waals surface area contributed by atoms with E-state index in [2.05, 4.69) is 5.32 Å². The Morgan fingerprint density at radius 1 is 1.03 bits per heavy atom. The molecule has 5 nitrogen and oxygen atoms in total. The molecule has 1 atom stereocenters. The van der Waals surface area contributed by atoms with Gasteiger partial charge in [-0.15, -0.1) is 0 Å². The number of benzene rings is 3. The SMILES string of the molecule is Cc1cc2c(F)cc1CCC(C)C(=O)c1cc(ccc1O)C(=O)NCCOc1ccccc1-2. The van der Waals surface area contributed by atoms with E-state index in [0.29, 0.717) is 29.7 Å². The summed E-state index contributed by atoms with van der Waals surface area (Å²) in [5.41, 5.74) is 3.24. The number of phenols is 1. The number of ether oxygens (including phenoxy) is 1. The van der Waals surface area contributed by atoms with Gasteiger partial charge in [-0.3, -0.25) is 9.59 Å². The number of hydrogen-bond acceptors (Lipinski definition) is 4. The number of phenolic OH excluding ortho intramolecular Hbond substituents is 1. The third kappa shape index (κ3) is 4.75. The molecule has 4 bridgehead atoms. The fraction of sp³-hybridized carbons (Fsp3) is 0.259. The van der Waals surface area contributed by atoms with Crippen LogP contribution in [0.1, 0.15) is 45.2 Å². The first-order valence-electron chi connectivity index (χ1n) is 11.0. The molecule has 5 rings (SSSR count). The summed E-state index contributed by atoms with van der Waals surface area (Å²) >= 11 is 0. The van der Waals surface area contributed by atoms with E-state index in [4.69, 9.17) is 4.74 Å². The molecule has 0 saturated heterocycles. The van der Waals surface area contributed by atoms with E-state index in [0.717, 1.165) is 11.1 Å². The van der Waals surface area contributed by atoms with Crippen LogP contribution < -0.4 is 10.1 Å². The van der Waals surface area contributed by atoms with Gasteiger partial charge < -0.3 is 15.2 Å². The smallest absolute Gasteiger partial charge is 0.251 e. The van der Waals surface area contributed by atoms with Crippen LogP contribution in [0, 0.1) is 18.7 Å². The van der Waals surface area contributed by atoms with Gasteiger partial charge in [0.25, 0.3) is 5.91 Å². The van der Waals surface area contributed by atoms with E-state index in [1.54, 1.807) is 19.1 Å². The van der Waals surface area contributed by atoms with E-state index in [1.165, 1.54) is 24.3 Å². The Labute approximate surface area is 192 Å². The molecule has 0 spiro atoms. The molecule has 33 heavy (non-hydrogen) atoms. The number of para-hydroxylation sites is 1. The first-order chi connectivity index (χ1) is 15.8. The molecule has 2 aliphatic heterocycles. The van der Waals surface area contributed by atoms with E-state index in [1.807, 2.05) is 25.1 Å². The number of hydrogen-bond donors (Lipinski definition) is 2. The summed E-state index contributed by atoms with van der Waals surface area (Å²) in [7, 11) is 0. The largest absolute Gasteiger partial charge is 0.507 e. The van der Waals surface area contributed by atoms with Crippen molar-refractivity contribution in [3.63, 3.8) is 0 Å². The third-order valence-corrected chi connectivity index (χ3v) is 6.07.